The zero-order chi connectivity index (χ0) is 14.7. The maximum absolute atomic E-state index is 12.5. The molecule has 4 nitrogen and oxygen atoms in total. The fourth-order valence-corrected chi connectivity index (χ4v) is 2.28. The average Bonchev–Trinajstić information content (AvgIpc) is 2.55. The van der Waals surface area contributed by atoms with Gasteiger partial charge in [-0.05, 0) is 30.7 Å². The molecule has 0 saturated carbocycles. The van der Waals surface area contributed by atoms with Crippen LogP contribution in [0, 0.1) is 0 Å². The van der Waals surface area contributed by atoms with Gasteiger partial charge in [-0.15, -0.1) is 0 Å². The number of pyridine rings is 2. The van der Waals surface area contributed by atoms with Gasteiger partial charge in [0.15, 0.2) is 0 Å². The van der Waals surface area contributed by atoms with Crippen LogP contribution in [0.5, 0.6) is 0 Å². The predicted octanol–water partition coefficient (Wildman–Crippen LogP) is 3.12. The van der Waals surface area contributed by atoms with Crippen LogP contribution in [0.1, 0.15) is 28.9 Å². The van der Waals surface area contributed by atoms with Crippen molar-refractivity contribution in [2.24, 2.45) is 0 Å². The van der Waals surface area contributed by atoms with Gasteiger partial charge in [-0.2, -0.15) is 0 Å². The van der Waals surface area contributed by atoms with E-state index in [1.165, 1.54) is 0 Å². The van der Waals surface area contributed by atoms with Crippen LogP contribution >= 0.6 is 0 Å². The van der Waals surface area contributed by atoms with Gasteiger partial charge in [-0.25, -0.2) is 0 Å². The second kappa shape index (κ2) is 5.71. The number of rotatable bonds is 3. The highest BCUT2D eigenvalue weighted by Crippen LogP contribution is 2.17. The molecule has 3 aromatic rings. The Morgan fingerprint density at radius 2 is 1.90 bits per heavy atom. The molecule has 1 aromatic carbocycles. The molecule has 0 saturated heterocycles. The van der Waals surface area contributed by atoms with E-state index in [2.05, 4.69) is 15.3 Å². The molecular formula is C17H15N3O. The van der Waals surface area contributed by atoms with Crippen LogP contribution in [0.15, 0.2) is 61.1 Å². The Hall–Kier alpha value is -2.75. The van der Waals surface area contributed by atoms with Crippen molar-refractivity contribution in [1.82, 2.24) is 15.3 Å². The number of aromatic nitrogens is 2. The predicted molar refractivity (Wildman–Crippen MR) is 81.9 cm³/mol. The largest absolute Gasteiger partial charge is 0.345 e. The Kier molecular flexibility index (Phi) is 3.60. The summed E-state index contributed by atoms with van der Waals surface area (Å²) in [7, 11) is 0. The van der Waals surface area contributed by atoms with Crippen molar-refractivity contribution >= 4 is 16.8 Å². The van der Waals surface area contributed by atoms with Gasteiger partial charge in [0.2, 0.25) is 0 Å². The lowest BCUT2D eigenvalue weighted by atomic mass is 10.1. The Labute approximate surface area is 122 Å². The van der Waals surface area contributed by atoms with Crippen LogP contribution in [-0.4, -0.2) is 15.9 Å². The van der Waals surface area contributed by atoms with E-state index in [-0.39, 0.29) is 11.9 Å². The number of nitrogens with zero attached hydrogens (tertiary/aromatic N) is 2. The summed E-state index contributed by atoms with van der Waals surface area (Å²) < 4.78 is 0. The standard InChI is InChI=1S/C17H15N3O/c1-12(14-7-3-9-18-11-14)20-17(21)15-8-2-5-13-6-4-10-19-16(13)15/h2-12H,1H3,(H,20,21). The molecular weight excluding hydrogens is 262 g/mol. The van der Waals surface area contributed by atoms with E-state index in [0.717, 1.165) is 16.5 Å². The van der Waals surface area contributed by atoms with Crippen LogP contribution in [0.25, 0.3) is 10.9 Å². The first kappa shape index (κ1) is 13.2. The fourth-order valence-electron chi connectivity index (χ4n) is 2.28. The first-order valence-electron chi connectivity index (χ1n) is 6.80. The highest BCUT2D eigenvalue weighted by atomic mass is 16.1. The average molecular weight is 277 g/mol. The van der Waals surface area contributed by atoms with Crippen LogP contribution in [0.3, 0.4) is 0 Å². The summed E-state index contributed by atoms with van der Waals surface area (Å²) in [6.45, 7) is 1.94. The van der Waals surface area contributed by atoms with Gasteiger partial charge in [0.25, 0.3) is 5.91 Å². The summed E-state index contributed by atoms with van der Waals surface area (Å²) >= 11 is 0. The van der Waals surface area contributed by atoms with Gasteiger partial charge in [0.1, 0.15) is 0 Å². The Morgan fingerprint density at radius 1 is 1.10 bits per heavy atom. The minimum absolute atomic E-state index is 0.106. The molecule has 1 unspecified atom stereocenters. The fraction of sp³-hybridized carbons (Fsp3) is 0.118. The first-order chi connectivity index (χ1) is 10.3. The molecule has 2 aromatic heterocycles. The third-order valence-corrected chi connectivity index (χ3v) is 3.41. The topological polar surface area (TPSA) is 54.9 Å². The number of nitrogens with one attached hydrogen (secondary N) is 1. The minimum Gasteiger partial charge on any atom is -0.345 e. The van der Waals surface area contributed by atoms with E-state index < -0.39 is 0 Å². The molecule has 2 heterocycles. The number of amides is 1. The summed E-state index contributed by atoms with van der Waals surface area (Å²) in [5.74, 6) is -0.129. The van der Waals surface area contributed by atoms with E-state index in [4.69, 9.17) is 0 Å². The number of para-hydroxylation sites is 1. The molecule has 21 heavy (non-hydrogen) atoms. The highest BCUT2D eigenvalue weighted by Gasteiger charge is 2.14. The third-order valence-electron chi connectivity index (χ3n) is 3.41. The van der Waals surface area contributed by atoms with Crippen molar-refractivity contribution in [3.8, 4) is 0 Å². The van der Waals surface area contributed by atoms with Crippen molar-refractivity contribution in [2.45, 2.75) is 13.0 Å². The third kappa shape index (κ3) is 2.74. The Balaban J connectivity index is 1.88. The van der Waals surface area contributed by atoms with Crippen LogP contribution in [-0.2, 0) is 0 Å². The molecule has 0 fully saturated rings. The van der Waals surface area contributed by atoms with Crippen molar-refractivity contribution in [3.05, 3.63) is 72.2 Å². The Morgan fingerprint density at radius 3 is 2.71 bits per heavy atom. The zero-order valence-corrected chi connectivity index (χ0v) is 11.7. The van der Waals surface area contributed by atoms with Gasteiger partial charge in [0, 0.05) is 24.0 Å². The molecule has 4 heteroatoms. The smallest absolute Gasteiger partial charge is 0.253 e. The molecule has 104 valence electrons. The number of benzene rings is 1. The van der Waals surface area contributed by atoms with Crippen molar-refractivity contribution < 1.29 is 4.79 Å². The maximum Gasteiger partial charge on any atom is 0.253 e. The lowest BCUT2D eigenvalue weighted by Crippen LogP contribution is -2.27. The van der Waals surface area contributed by atoms with Crippen molar-refractivity contribution in [2.75, 3.05) is 0 Å². The number of carbonyl (C=O) groups is 1. The summed E-state index contributed by atoms with van der Waals surface area (Å²) in [6, 6.07) is 13.1. The second-order valence-corrected chi connectivity index (χ2v) is 4.86. The summed E-state index contributed by atoms with van der Waals surface area (Å²) in [5, 5.41) is 3.94. The van der Waals surface area contributed by atoms with Gasteiger partial charge in [0.05, 0.1) is 17.1 Å². The summed E-state index contributed by atoms with van der Waals surface area (Å²) in [5.41, 5.74) is 2.28. The molecule has 1 atom stereocenters. The van der Waals surface area contributed by atoms with Crippen LogP contribution < -0.4 is 5.32 Å². The SMILES string of the molecule is CC(NC(=O)c1cccc2cccnc12)c1cccnc1. The molecule has 0 radical (unpaired) electrons. The summed E-state index contributed by atoms with van der Waals surface area (Å²) in [6.07, 6.45) is 5.17. The zero-order valence-electron chi connectivity index (χ0n) is 11.7. The molecule has 1 N–H and O–H groups in total. The maximum atomic E-state index is 12.5. The van der Waals surface area contributed by atoms with Gasteiger partial charge in [-0.1, -0.05) is 24.3 Å². The summed E-state index contributed by atoms with van der Waals surface area (Å²) in [4.78, 5) is 20.9. The number of hydrogen-bond acceptors (Lipinski definition) is 3. The normalized spacial score (nSPS) is 12.0. The monoisotopic (exact) mass is 277 g/mol. The lowest BCUT2D eigenvalue weighted by molar-refractivity contribution is 0.0941. The van der Waals surface area contributed by atoms with E-state index >= 15 is 0 Å². The molecule has 1 amide bonds. The van der Waals surface area contributed by atoms with Crippen molar-refractivity contribution in [1.29, 1.82) is 0 Å². The number of fused-ring (bicyclic) bond motifs is 1. The van der Waals surface area contributed by atoms with Crippen molar-refractivity contribution in [3.63, 3.8) is 0 Å². The number of hydrogen-bond donors (Lipinski definition) is 1. The first-order valence-corrected chi connectivity index (χ1v) is 6.80. The highest BCUT2D eigenvalue weighted by molar-refractivity contribution is 6.05. The number of carbonyl (C=O) groups excluding carboxylic acids is 1. The van der Waals surface area contributed by atoms with E-state index in [0.29, 0.717) is 5.56 Å². The molecule has 0 aliphatic carbocycles. The van der Waals surface area contributed by atoms with E-state index in [1.807, 2.05) is 43.3 Å². The molecule has 0 aliphatic heterocycles. The van der Waals surface area contributed by atoms with Gasteiger partial charge in [-0.3, -0.25) is 14.8 Å². The molecule has 0 bridgehead atoms. The minimum atomic E-state index is -0.129. The Bertz CT molecular complexity index is 766. The lowest BCUT2D eigenvalue weighted by Gasteiger charge is -2.14. The van der Waals surface area contributed by atoms with Crippen LogP contribution in [0.2, 0.25) is 0 Å². The van der Waals surface area contributed by atoms with Gasteiger partial charge >= 0.3 is 0 Å². The molecule has 0 spiro atoms. The molecule has 0 aliphatic rings. The quantitative estimate of drug-likeness (QED) is 0.800. The molecule has 3 rings (SSSR count). The van der Waals surface area contributed by atoms with Crippen LogP contribution in [0.4, 0.5) is 0 Å². The van der Waals surface area contributed by atoms with E-state index in [9.17, 15) is 4.79 Å². The second-order valence-electron chi connectivity index (χ2n) is 4.86. The van der Waals surface area contributed by atoms with E-state index in [1.54, 1.807) is 24.7 Å². The van der Waals surface area contributed by atoms with Gasteiger partial charge < -0.3 is 5.32 Å².